The molecule has 110 valence electrons. The molecule has 0 unspecified atom stereocenters. The molecule has 1 heterocycles. The van der Waals surface area contributed by atoms with E-state index in [4.69, 9.17) is 15.7 Å². The summed E-state index contributed by atoms with van der Waals surface area (Å²) in [5.41, 5.74) is 5.64. The molecule has 0 saturated carbocycles. The topological polar surface area (TPSA) is 109 Å². The van der Waals surface area contributed by atoms with Crippen molar-refractivity contribution in [1.29, 1.82) is 5.26 Å². The molecule has 1 aromatic rings. The van der Waals surface area contributed by atoms with Gasteiger partial charge in [0, 0.05) is 37.3 Å². The zero-order valence-corrected chi connectivity index (χ0v) is 13.3. The second-order valence-electron chi connectivity index (χ2n) is 3.84. The Kier molecular flexibility index (Phi) is 6.35. The van der Waals surface area contributed by atoms with E-state index in [-0.39, 0.29) is 36.8 Å². The van der Waals surface area contributed by atoms with E-state index in [1.54, 1.807) is 0 Å². The van der Waals surface area contributed by atoms with E-state index >= 15 is 0 Å². The minimum atomic E-state index is -3.81. The van der Waals surface area contributed by atoms with Gasteiger partial charge in [-0.1, -0.05) is 0 Å². The molecule has 2 N–H and O–H groups in total. The molecule has 0 aliphatic heterocycles. The van der Waals surface area contributed by atoms with Crippen LogP contribution in [0.4, 0.5) is 5.82 Å². The quantitative estimate of drug-likeness (QED) is 0.773. The number of nitrogens with two attached hydrogens (primary N) is 1. The van der Waals surface area contributed by atoms with Crippen molar-refractivity contribution < 1.29 is 13.2 Å². The highest BCUT2D eigenvalue weighted by atomic mass is 79.9. The van der Waals surface area contributed by atoms with E-state index in [1.165, 1.54) is 23.7 Å². The number of ether oxygens (including phenoxy) is 1. The van der Waals surface area contributed by atoms with Gasteiger partial charge >= 0.3 is 0 Å². The van der Waals surface area contributed by atoms with Crippen LogP contribution in [0.1, 0.15) is 6.42 Å². The van der Waals surface area contributed by atoms with Crippen LogP contribution < -0.4 is 5.73 Å². The van der Waals surface area contributed by atoms with Gasteiger partial charge in [0.2, 0.25) is 10.0 Å². The fraction of sp³-hybridized carbons (Fsp3) is 0.455. The molecular weight excluding hydrogens is 348 g/mol. The van der Waals surface area contributed by atoms with E-state index in [1.807, 2.05) is 6.07 Å². The van der Waals surface area contributed by atoms with Crippen molar-refractivity contribution in [1.82, 2.24) is 9.29 Å². The average molecular weight is 363 g/mol. The first-order chi connectivity index (χ1) is 9.43. The monoisotopic (exact) mass is 362 g/mol. The Hall–Kier alpha value is -1.21. The van der Waals surface area contributed by atoms with Crippen molar-refractivity contribution in [2.24, 2.45) is 0 Å². The number of hydrogen-bond acceptors (Lipinski definition) is 6. The van der Waals surface area contributed by atoms with Crippen LogP contribution >= 0.6 is 15.9 Å². The summed E-state index contributed by atoms with van der Waals surface area (Å²) in [6.45, 7) is 0.451. The Morgan fingerprint density at radius 3 is 2.85 bits per heavy atom. The summed E-state index contributed by atoms with van der Waals surface area (Å²) in [7, 11) is -2.34. The summed E-state index contributed by atoms with van der Waals surface area (Å²) >= 11 is 3.17. The van der Waals surface area contributed by atoms with Crippen molar-refractivity contribution >= 4 is 31.8 Å². The van der Waals surface area contributed by atoms with Crippen LogP contribution in [0.15, 0.2) is 21.6 Å². The van der Waals surface area contributed by atoms with Gasteiger partial charge in [0.25, 0.3) is 0 Å². The van der Waals surface area contributed by atoms with Gasteiger partial charge in [-0.05, 0) is 22.0 Å². The number of halogens is 1. The Morgan fingerprint density at radius 2 is 2.25 bits per heavy atom. The second-order valence-corrected chi connectivity index (χ2v) is 6.66. The predicted molar refractivity (Wildman–Crippen MR) is 77.2 cm³/mol. The zero-order chi connectivity index (χ0) is 15.2. The molecule has 1 rings (SSSR count). The highest BCUT2D eigenvalue weighted by molar-refractivity contribution is 9.10. The number of hydrogen-bond donors (Lipinski definition) is 1. The molecule has 1 aromatic heterocycles. The largest absolute Gasteiger partial charge is 0.383 e. The van der Waals surface area contributed by atoms with E-state index in [2.05, 4.69) is 20.9 Å². The predicted octanol–water partition coefficient (Wildman–Crippen LogP) is 0.977. The summed E-state index contributed by atoms with van der Waals surface area (Å²) in [6, 6.07) is 3.31. The molecular formula is C11H15BrN4O3S. The maximum absolute atomic E-state index is 12.5. The molecule has 0 bridgehead atoms. The molecule has 0 aliphatic rings. The van der Waals surface area contributed by atoms with Crippen LogP contribution in [-0.2, 0) is 14.8 Å². The minimum Gasteiger partial charge on any atom is -0.383 e. The molecule has 0 fully saturated rings. The summed E-state index contributed by atoms with van der Waals surface area (Å²) in [6.07, 6.45) is 1.51. The number of methoxy groups -OCH3 is 1. The number of nitriles is 1. The molecule has 20 heavy (non-hydrogen) atoms. The zero-order valence-electron chi connectivity index (χ0n) is 10.9. The first kappa shape index (κ1) is 16.8. The third-order valence-corrected chi connectivity index (χ3v) is 4.85. The second kappa shape index (κ2) is 7.54. The van der Waals surface area contributed by atoms with Crippen LogP contribution in [0.2, 0.25) is 0 Å². The standard InChI is InChI=1S/C11H15BrN4O3S/c1-19-6-5-16(4-2-3-13)20(17,18)10-7-9(12)8-15-11(10)14/h7-8H,2,4-6H2,1H3,(H2,14,15). The highest BCUT2D eigenvalue weighted by Crippen LogP contribution is 2.24. The van der Waals surface area contributed by atoms with Gasteiger partial charge in [-0.3, -0.25) is 0 Å². The fourth-order valence-corrected chi connectivity index (χ4v) is 3.50. The van der Waals surface area contributed by atoms with Gasteiger partial charge in [-0.25, -0.2) is 13.4 Å². The number of anilines is 1. The van der Waals surface area contributed by atoms with Gasteiger partial charge in [0.1, 0.15) is 10.7 Å². The van der Waals surface area contributed by atoms with Crippen molar-refractivity contribution in [2.45, 2.75) is 11.3 Å². The summed E-state index contributed by atoms with van der Waals surface area (Å²) in [5, 5.41) is 8.63. The Bertz CT molecular complexity index is 600. The SMILES string of the molecule is COCCN(CCC#N)S(=O)(=O)c1cc(Br)cnc1N. The molecule has 0 radical (unpaired) electrons. The normalized spacial score (nSPS) is 11.5. The smallest absolute Gasteiger partial charge is 0.246 e. The van der Waals surface area contributed by atoms with Crippen molar-refractivity contribution in [3.8, 4) is 6.07 Å². The molecule has 7 nitrogen and oxygen atoms in total. The number of nitrogen functional groups attached to an aromatic ring is 1. The van der Waals surface area contributed by atoms with Gasteiger partial charge in [-0.2, -0.15) is 9.57 Å². The van der Waals surface area contributed by atoms with E-state index in [0.29, 0.717) is 4.47 Å². The molecule has 0 aromatic carbocycles. The number of pyridine rings is 1. The van der Waals surface area contributed by atoms with Crippen LogP contribution in [0.3, 0.4) is 0 Å². The first-order valence-corrected chi connectivity index (χ1v) is 7.94. The Labute approximate surface area is 126 Å². The van der Waals surface area contributed by atoms with Crippen LogP contribution in [0.25, 0.3) is 0 Å². The summed E-state index contributed by atoms with van der Waals surface area (Å²) < 4.78 is 31.6. The molecule has 0 aliphatic carbocycles. The number of nitrogens with zero attached hydrogens (tertiary/aromatic N) is 3. The summed E-state index contributed by atoms with van der Waals surface area (Å²) in [4.78, 5) is 3.73. The number of aromatic nitrogens is 1. The van der Waals surface area contributed by atoms with E-state index in [9.17, 15) is 8.42 Å². The Balaban J connectivity index is 3.14. The minimum absolute atomic E-state index is 0.0763. The van der Waals surface area contributed by atoms with Gasteiger partial charge in [0.15, 0.2) is 0 Å². The third-order valence-electron chi connectivity index (χ3n) is 2.48. The fourth-order valence-electron chi connectivity index (χ4n) is 1.50. The first-order valence-electron chi connectivity index (χ1n) is 5.70. The molecule has 0 atom stereocenters. The van der Waals surface area contributed by atoms with Gasteiger partial charge in [0.05, 0.1) is 12.7 Å². The van der Waals surface area contributed by atoms with Crippen LogP contribution in [0.5, 0.6) is 0 Å². The number of rotatable bonds is 7. The lowest BCUT2D eigenvalue weighted by atomic mass is 10.4. The van der Waals surface area contributed by atoms with E-state index in [0.717, 1.165) is 0 Å². The number of sulfonamides is 1. The third kappa shape index (κ3) is 4.14. The van der Waals surface area contributed by atoms with Crippen LogP contribution in [-0.4, -0.2) is 44.5 Å². The molecule has 0 amide bonds. The van der Waals surface area contributed by atoms with Crippen molar-refractivity contribution in [3.63, 3.8) is 0 Å². The molecule has 9 heteroatoms. The van der Waals surface area contributed by atoms with E-state index < -0.39 is 10.0 Å². The average Bonchev–Trinajstić information content (AvgIpc) is 2.41. The Morgan fingerprint density at radius 1 is 1.55 bits per heavy atom. The summed E-state index contributed by atoms with van der Waals surface area (Å²) in [5.74, 6) is -0.0763. The maximum Gasteiger partial charge on any atom is 0.246 e. The molecule has 0 spiro atoms. The van der Waals surface area contributed by atoms with Crippen molar-refractivity contribution in [2.75, 3.05) is 32.5 Å². The van der Waals surface area contributed by atoms with Gasteiger partial charge in [-0.15, -0.1) is 0 Å². The highest BCUT2D eigenvalue weighted by Gasteiger charge is 2.27. The lowest BCUT2D eigenvalue weighted by Gasteiger charge is -2.21. The molecule has 0 saturated heterocycles. The van der Waals surface area contributed by atoms with Crippen molar-refractivity contribution in [3.05, 3.63) is 16.7 Å². The lowest BCUT2D eigenvalue weighted by Crippen LogP contribution is -2.35. The lowest BCUT2D eigenvalue weighted by molar-refractivity contribution is 0.179. The maximum atomic E-state index is 12.5. The van der Waals surface area contributed by atoms with Gasteiger partial charge < -0.3 is 10.5 Å². The van der Waals surface area contributed by atoms with Crippen LogP contribution in [0, 0.1) is 11.3 Å².